The van der Waals surface area contributed by atoms with Crippen LogP contribution in [0.3, 0.4) is 0 Å². The van der Waals surface area contributed by atoms with Crippen LogP contribution in [0.2, 0.25) is 0 Å². The van der Waals surface area contributed by atoms with Gasteiger partial charge >= 0.3 is 0 Å². The van der Waals surface area contributed by atoms with Crippen molar-refractivity contribution < 1.29 is 4.79 Å². The minimum absolute atomic E-state index is 0.145. The van der Waals surface area contributed by atoms with Crippen LogP contribution in [0.15, 0.2) is 30.9 Å². The van der Waals surface area contributed by atoms with Gasteiger partial charge in [0.15, 0.2) is 0 Å². The lowest BCUT2D eigenvalue weighted by atomic mass is 10.1. The number of hydrogen-bond donors (Lipinski definition) is 1. The molecule has 0 saturated carbocycles. The summed E-state index contributed by atoms with van der Waals surface area (Å²) >= 11 is 0. The third kappa shape index (κ3) is 3.09. The first-order valence-corrected chi connectivity index (χ1v) is 6.42. The Morgan fingerprint density at radius 1 is 1.39 bits per heavy atom. The van der Waals surface area contributed by atoms with Gasteiger partial charge in [-0.1, -0.05) is 12.1 Å². The summed E-state index contributed by atoms with van der Waals surface area (Å²) in [4.78, 5) is 18.5. The first kappa shape index (κ1) is 12.6. The van der Waals surface area contributed by atoms with Crippen molar-refractivity contribution in [3.05, 3.63) is 36.5 Å². The summed E-state index contributed by atoms with van der Waals surface area (Å²) in [6.07, 6.45) is 5.35. The first-order chi connectivity index (χ1) is 8.81. The molecule has 1 aliphatic rings. The summed E-state index contributed by atoms with van der Waals surface area (Å²) in [6, 6.07) is 5.60. The highest BCUT2D eigenvalue weighted by Crippen LogP contribution is 2.17. The molecule has 2 heterocycles. The van der Waals surface area contributed by atoms with E-state index in [-0.39, 0.29) is 5.91 Å². The fraction of sp³-hybridized carbons (Fsp3) is 0.429. The standard InChI is InChI=1S/C14H19N3O/c1-2-9-15-14(18)12-7-6-8-13(16-12)17-10-4-3-5-11-17/h2,6-8H,1,3-5,9-11H2,(H,15,18). The van der Waals surface area contributed by atoms with Gasteiger partial charge in [-0.15, -0.1) is 6.58 Å². The molecule has 1 aromatic rings. The van der Waals surface area contributed by atoms with Crippen molar-refractivity contribution in [2.24, 2.45) is 0 Å². The Hall–Kier alpha value is -1.84. The van der Waals surface area contributed by atoms with E-state index in [2.05, 4.69) is 21.8 Å². The van der Waals surface area contributed by atoms with Gasteiger partial charge in [0.2, 0.25) is 0 Å². The highest BCUT2D eigenvalue weighted by molar-refractivity contribution is 5.92. The normalized spacial score (nSPS) is 15.2. The molecule has 1 amide bonds. The average molecular weight is 245 g/mol. The fourth-order valence-electron chi connectivity index (χ4n) is 2.10. The van der Waals surface area contributed by atoms with Crippen molar-refractivity contribution in [1.82, 2.24) is 10.3 Å². The van der Waals surface area contributed by atoms with E-state index in [1.165, 1.54) is 19.3 Å². The molecule has 0 aromatic carbocycles. The highest BCUT2D eigenvalue weighted by Gasteiger charge is 2.14. The van der Waals surface area contributed by atoms with Crippen LogP contribution in [-0.2, 0) is 0 Å². The lowest BCUT2D eigenvalue weighted by Crippen LogP contribution is -2.31. The van der Waals surface area contributed by atoms with Gasteiger partial charge in [0.1, 0.15) is 11.5 Å². The van der Waals surface area contributed by atoms with E-state index < -0.39 is 0 Å². The Morgan fingerprint density at radius 2 is 2.17 bits per heavy atom. The summed E-state index contributed by atoms with van der Waals surface area (Å²) in [7, 11) is 0. The highest BCUT2D eigenvalue weighted by atomic mass is 16.1. The van der Waals surface area contributed by atoms with Crippen LogP contribution in [0, 0.1) is 0 Å². The number of carbonyl (C=O) groups excluding carboxylic acids is 1. The number of piperidine rings is 1. The maximum Gasteiger partial charge on any atom is 0.270 e. The Kier molecular flexibility index (Phi) is 4.34. The van der Waals surface area contributed by atoms with Gasteiger partial charge in [-0.3, -0.25) is 4.79 Å². The van der Waals surface area contributed by atoms with Crippen molar-refractivity contribution in [3.8, 4) is 0 Å². The molecule has 0 radical (unpaired) electrons. The Morgan fingerprint density at radius 3 is 2.89 bits per heavy atom. The van der Waals surface area contributed by atoms with E-state index in [0.29, 0.717) is 12.2 Å². The van der Waals surface area contributed by atoms with Crippen LogP contribution >= 0.6 is 0 Å². The smallest absolute Gasteiger partial charge is 0.270 e. The molecule has 2 rings (SSSR count). The van der Waals surface area contributed by atoms with Crippen LogP contribution in [0.5, 0.6) is 0 Å². The second kappa shape index (κ2) is 6.19. The average Bonchev–Trinajstić information content (AvgIpc) is 2.46. The number of nitrogens with one attached hydrogen (secondary N) is 1. The number of amides is 1. The van der Waals surface area contributed by atoms with Gasteiger partial charge in [0, 0.05) is 19.6 Å². The molecule has 18 heavy (non-hydrogen) atoms. The van der Waals surface area contributed by atoms with Gasteiger partial charge in [-0.05, 0) is 31.4 Å². The number of aromatic nitrogens is 1. The van der Waals surface area contributed by atoms with Gasteiger partial charge in [-0.25, -0.2) is 4.98 Å². The molecule has 96 valence electrons. The summed E-state index contributed by atoms with van der Waals surface area (Å²) in [5.41, 5.74) is 0.472. The predicted molar refractivity (Wildman–Crippen MR) is 72.8 cm³/mol. The van der Waals surface area contributed by atoms with E-state index in [1.54, 1.807) is 12.1 Å². The molecule has 0 spiro atoms. The molecular formula is C14H19N3O. The van der Waals surface area contributed by atoms with Crippen LogP contribution in [0.4, 0.5) is 5.82 Å². The van der Waals surface area contributed by atoms with Gasteiger partial charge in [-0.2, -0.15) is 0 Å². The van der Waals surface area contributed by atoms with Crippen LogP contribution in [-0.4, -0.2) is 30.5 Å². The third-order valence-electron chi connectivity index (χ3n) is 3.05. The maximum atomic E-state index is 11.8. The maximum absolute atomic E-state index is 11.8. The molecule has 1 aliphatic heterocycles. The van der Waals surface area contributed by atoms with Crippen LogP contribution < -0.4 is 10.2 Å². The van der Waals surface area contributed by atoms with E-state index in [1.807, 2.05) is 12.1 Å². The molecule has 1 N–H and O–H groups in total. The lowest BCUT2D eigenvalue weighted by Gasteiger charge is -2.27. The summed E-state index contributed by atoms with van der Waals surface area (Å²) in [6.45, 7) is 6.11. The molecule has 4 nitrogen and oxygen atoms in total. The largest absolute Gasteiger partial charge is 0.357 e. The minimum Gasteiger partial charge on any atom is -0.357 e. The SMILES string of the molecule is C=CCNC(=O)c1cccc(N2CCCCC2)n1. The summed E-state index contributed by atoms with van der Waals surface area (Å²) < 4.78 is 0. The third-order valence-corrected chi connectivity index (χ3v) is 3.05. The summed E-state index contributed by atoms with van der Waals surface area (Å²) in [5, 5.41) is 2.74. The topological polar surface area (TPSA) is 45.2 Å². The second-order valence-corrected chi connectivity index (χ2v) is 4.43. The molecule has 1 saturated heterocycles. The van der Waals surface area contributed by atoms with E-state index in [9.17, 15) is 4.79 Å². The molecule has 0 unspecified atom stereocenters. The van der Waals surface area contributed by atoms with Gasteiger partial charge in [0.25, 0.3) is 5.91 Å². The number of nitrogens with zero attached hydrogens (tertiary/aromatic N) is 2. The molecule has 1 fully saturated rings. The first-order valence-electron chi connectivity index (χ1n) is 6.42. The number of hydrogen-bond acceptors (Lipinski definition) is 3. The zero-order chi connectivity index (χ0) is 12.8. The van der Waals surface area contributed by atoms with Crippen molar-refractivity contribution >= 4 is 11.7 Å². The molecule has 0 aliphatic carbocycles. The van der Waals surface area contributed by atoms with Crippen molar-refractivity contribution in [3.63, 3.8) is 0 Å². The second-order valence-electron chi connectivity index (χ2n) is 4.43. The van der Waals surface area contributed by atoms with E-state index in [4.69, 9.17) is 0 Å². The zero-order valence-electron chi connectivity index (χ0n) is 10.6. The number of pyridine rings is 1. The van der Waals surface area contributed by atoms with Crippen molar-refractivity contribution in [2.45, 2.75) is 19.3 Å². The predicted octanol–water partition coefficient (Wildman–Crippen LogP) is 1.99. The van der Waals surface area contributed by atoms with Crippen molar-refractivity contribution in [1.29, 1.82) is 0 Å². The number of anilines is 1. The Labute approximate surface area is 108 Å². The van der Waals surface area contributed by atoms with E-state index >= 15 is 0 Å². The quantitative estimate of drug-likeness (QED) is 0.825. The van der Waals surface area contributed by atoms with Crippen molar-refractivity contribution in [2.75, 3.05) is 24.5 Å². The zero-order valence-corrected chi connectivity index (χ0v) is 10.6. The Balaban J connectivity index is 2.08. The minimum atomic E-state index is -0.145. The molecular weight excluding hydrogens is 226 g/mol. The fourth-order valence-corrected chi connectivity index (χ4v) is 2.10. The number of carbonyl (C=O) groups is 1. The molecule has 4 heteroatoms. The summed E-state index contributed by atoms with van der Waals surface area (Å²) in [5.74, 6) is 0.759. The van der Waals surface area contributed by atoms with Crippen LogP contribution in [0.25, 0.3) is 0 Å². The van der Waals surface area contributed by atoms with Gasteiger partial charge < -0.3 is 10.2 Å². The van der Waals surface area contributed by atoms with Crippen LogP contribution in [0.1, 0.15) is 29.8 Å². The monoisotopic (exact) mass is 245 g/mol. The van der Waals surface area contributed by atoms with E-state index in [0.717, 1.165) is 18.9 Å². The lowest BCUT2D eigenvalue weighted by molar-refractivity contribution is 0.0953. The molecule has 1 aromatic heterocycles. The molecule has 0 atom stereocenters. The van der Waals surface area contributed by atoms with Gasteiger partial charge in [0.05, 0.1) is 0 Å². The number of rotatable bonds is 4. The molecule has 0 bridgehead atoms. The Bertz CT molecular complexity index is 425.